The Kier molecular flexibility index (Phi) is 11.5. The normalized spacial score (nSPS) is 13.0. The zero-order valence-corrected chi connectivity index (χ0v) is 28.9. The van der Waals surface area contributed by atoms with Crippen LogP contribution in [0, 0.1) is 5.82 Å². The van der Waals surface area contributed by atoms with E-state index in [-0.39, 0.29) is 28.2 Å². The molecule has 0 fully saturated rings. The van der Waals surface area contributed by atoms with Gasteiger partial charge in [-0.1, -0.05) is 49.9 Å². The van der Waals surface area contributed by atoms with Crippen molar-refractivity contribution in [3.05, 3.63) is 105 Å². The number of thioether (sulfide) groups is 1. The van der Waals surface area contributed by atoms with Crippen molar-refractivity contribution in [1.82, 2.24) is 23.3 Å². The van der Waals surface area contributed by atoms with Gasteiger partial charge < -0.3 is 4.74 Å². The summed E-state index contributed by atoms with van der Waals surface area (Å²) >= 11 is 1.38. The van der Waals surface area contributed by atoms with Gasteiger partial charge in [0.25, 0.3) is 0 Å². The van der Waals surface area contributed by atoms with Gasteiger partial charge in [0.05, 0.1) is 17.1 Å². The SMILES string of the molecule is CCn1s/c(=N\C(=NCCc2ccc(-c3ncn(-c4ccc(OC(F)(F)F)cc4)n3)cc2)SCC(F)(F)F)n(-c2ccc(F)cc2C(C)C)c1=O. The Morgan fingerprint density at radius 1 is 1.00 bits per heavy atom. The lowest BCUT2D eigenvalue weighted by Gasteiger charge is -2.13. The number of aromatic nitrogens is 5. The molecule has 0 amide bonds. The number of benzene rings is 3. The van der Waals surface area contributed by atoms with E-state index in [4.69, 9.17) is 0 Å². The van der Waals surface area contributed by atoms with Gasteiger partial charge in [-0.25, -0.2) is 27.4 Å². The molecule has 0 unspecified atom stereocenters. The smallest absolute Gasteiger partial charge is 0.406 e. The van der Waals surface area contributed by atoms with Crippen molar-refractivity contribution in [3.63, 3.8) is 0 Å². The fourth-order valence-corrected chi connectivity index (χ4v) is 6.36. The Bertz CT molecular complexity index is 2110. The highest BCUT2D eigenvalue weighted by atomic mass is 32.2. The first kappa shape index (κ1) is 37.5. The average Bonchev–Trinajstić information content (AvgIpc) is 3.68. The Hall–Kier alpha value is -4.71. The Morgan fingerprint density at radius 3 is 2.33 bits per heavy atom. The lowest BCUT2D eigenvalue weighted by atomic mass is 10.0. The number of nitrogens with zero attached hydrogens (tertiary/aromatic N) is 7. The average molecular weight is 754 g/mol. The minimum absolute atomic E-state index is 0.0845. The molecule has 0 saturated heterocycles. The van der Waals surface area contributed by atoms with Crippen LogP contribution in [0.3, 0.4) is 0 Å². The van der Waals surface area contributed by atoms with Gasteiger partial charge in [-0.3, -0.25) is 4.99 Å². The van der Waals surface area contributed by atoms with Crippen molar-refractivity contribution < 1.29 is 35.5 Å². The van der Waals surface area contributed by atoms with Crippen LogP contribution in [-0.4, -0.2) is 53.3 Å². The molecule has 2 heterocycles. The second-order valence-electron chi connectivity index (χ2n) is 11.2. The van der Waals surface area contributed by atoms with E-state index < -0.39 is 29.8 Å². The molecule has 0 spiro atoms. The molecule has 51 heavy (non-hydrogen) atoms. The molecule has 0 aliphatic rings. The van der Waals surface area contributed by atoms with Gasteiger partial charge >= 0.3 is 18.2 Å². The molecule has 0 N–H and O–H groups in total. The minimum atomic E-state index is -4.80. The summed E-state index contributed by atoms with van der Waals surface area (Å²) in [5, 5.41) is 4.22. The van der Waals surface area contributed by atoms with E-state index in [0.29, 0.717) is 53.1 Å². The highest BCUT2D eigenvalue weighted by Gasteiger charge is 2.31. The number of amidine groups is 1. The van der Waals surface area contributed by atoms with Gasteiger partial charge in [0.1, 0.15) is 17.9 Å². The molecule has 0 bridgehead atoms. The summed E-state index contributed by atoms with van der Waals surface area (Å²) in [5.41, 5.74) is 2.39. The number of hydrogen-bond donors (Lipinski definition) is 0. The summed E-state index contributed by atoms with van der Waals surface area (Å²) in [5.74, 6) is -1.91. The maximum atomic E-state index is 14.1. The topological polar surface area (TPSA) is 91.6 Å². The van der Waals surface area contributed by atoms with Crippen molar-refractivity contribution >= 4 is 28.5 Å². The van der Waals surface area contributed by atoms with Crippen LogP contribution in [0.1, 0.15) is 37.8 Å². The van der Waals surface area contributed by atoms with Gasteiger partial charge in [-0.05, 0) is 84.4 Å². The summed E-state index contributed by atoms with van der Waals surface area (Å²) in [4.78, 5) is 26.5. The van der Waals surface area contributed by atoms with E-state index in [9.17, 15) is 35.5 Å². The first-order valence-electron chi connectivity index (χ1n) is 15.4. The number of aryl methyl sites for hydroxylation is 1. The molecule has 5 rings (SSSR count). The number of ether oxygens (including phenoxy) is 1. The summed E-state index contributed by atoms with van der Waals surface area (Å²) in [6, 6.07) is 16.2. The van der Waals surface area contributed by atoms with Crippen LogP contribution in [0.25, 0.3) is 22.8 Å². The molecule has 0 saturated carbocycles. The van der Waals surface area contributed by atoms with Gasteiger partial charge in [-0.15, -0.1) is 18.3 Å². The third-order valence-corrected chi connectivity index (χ3v) is 9.19. The van der Waals surface area contributed by atoms with Crippen LogP contribution in [0.5, 0.6) is 5.75 Å². The maximum absolute atomic E-state index is 14.1. The second-order valence-corrected chi connectivity index (χ2v) is 13.2. The number of hydrogen-bond acceptors (Lipinski definition) is 7. The molecule has 9 nitrogen and oxygen atoms in total. The first-order chi connectivity index (χ1) is 24.1. The zero-order chi connectivity index (χ0) is 36.9. The number of aliphatic imine (C=N–C) groups is 1. The molecule has 0 radical (unpaired) electrons. The van der Waals surface area contributed by atoms with Gasteiger partial charge in [0.2, 0.25) is 4.80 Å². The maximum Gasteiger partial charge on any atom is 0.573 e. The molecule has 3 aromatic carbocycles. The minimum Gasteiger partial charge on any atom is -0.406 e. The predicted octanol–water partition coefficient (Wildman–Crippen LogP) is 7.92. The molecule has 0 aliphatic carbocycles. The molecular weight excluding hydrogens is 724 g/mol. The standard InChI is InChI=1S/C33H30F7N7O2S2/c1-4-46-31(48)47(27-14-9-23(34)17-26(27)20(2)3)30(51-46)43-29(50-18-32(35,36)37)41-16-15-21-5-7-22(8-6-21)28-42-19-45(44-28)24-10-12-25(13-11-24)49-33(38,39)40/h5-14,17,19-20H,4,15-16,18H2,1-3H3/b41-29?,43-30-. The fraction of sp³-hybridized carbons (Fsp3) is 0.303. The van der Waals surface area contributed by atoms with Crippen LogP contribution in [-0.2, 0) is 13.0 Å². The third kappa shape index (κ3) is 9.96. The van der Waals surface area contributed by atoms with Crippen LogP contribution >= 0.6 is 23.3 Å². The highest BCUT2D eigenvalue weighted by molar-refractivity contribution is 8.13. The predicted molar refractivity (Wildman–Crippen MR) is 181 cm³/mol. The third-order valence-electron chi connectivity index (χ3n) is 7.17. The lowest BCUT2D eigenvalue weighted by Crippen LogP contribution is -2.29. The van der Waals surface area contributed by atoms with Gasteiger partial charge in [0, 0.05) is 18.7 Å². The van der Waals surface area contributed by atoms with Gasteiger partial charge in [0.15, 0.2) is 11.0 Å². The molecule has 5 aromatic rings. The summed E-state index contributed by atoms with van der Waals surface area (Å²) in [6.45, 7) is 5.80. The van der Waals surface area contributed by atoms with E-state index in [0.717, 1.165) is 29.2 Å². The van der Waals surface area contributed by atoms with E-state index in [1.807, 2.05) is 13.8 Å². The van der Waals surface area contributed by atoms with Crippen LogP contribution in [0.4, 0.5) is 30.7 Å². The zero-order valence-electron chi connectivity index (χ0n) is 27.2. The van der Waals surface area contributed by atoms with Crippen molar-refractivity contribution in [1.29, 1.82) is 0 Å². The molecule has 0 atom stereocenters. The Morgan fingerprint density at radius 2 is 1.71 bits per heavy atom. The molecule has 2 aromatic heterocycles. The number of rotatable bonds is 10. The van der Waals surface area contributed by atoms with Crippen LogP contribution in [0.2, 0.25) is 0 Å². The Balaban J connectivity index is 1.36. The van der Waals surface area contributed by atoms with E-state index >= 15 is 0 Å². The van der Waals surface area contributed by atoms with Gasteiger partial charge in [-0.2, -0.15) is 18.2 Å². The van der Waals surface area contributed by atoms with E-state index in [1.54, 1.807) is 31.2 Å². The lowest BCUT2D eigenvalue weighted by molar-refractivity contribution is -0.274. The molecular formula is C33H30F7N7O2S2. The van der Waals surface area contributed by atoms with E-state index in [2.05, 4.69) is 24.8 Å². The summed E-state index contributed by atoms with van der Waals surface area (Å²) in [7, 11) is 0. The van der Waals surface area contributed by atoms with Crippen molar-refractivity contribution in [2.24, 2.45) is 9.98 Å². The monoisotopic (exact) mass is 753 g/mol. The molecule has 0 aliphatic heterocycles. The van der Waals surface area contributed by atoms with Crippen molar-refractivity contribution in [2.45, 2.75) is 52.2 Å². The second kappa shape index (κ2) is 15.7. The number of halogens is 7. The van der Waals surface area contributed by atoms with Crippen LogP contribution < -0.4 is 15.2 Å². The fourth-order valence-electron chi connectivity index (χ4n) is 4.80. The number of alkyl halides is 6. The van der Waals surface area contributed by atoms with Crippen molar-refractivity contribution in [3.8, 4) is 28.5 Å². The summed E-state index contributed by atoms with van der Waals surface area (Å²) < 4.78 is 99.3. The Labute approximate surface area is 294 Å². The quantitative estimate of drug-likeness (QED) is 0.0822. The summed E-state index contributed by atoms with van der Waals surface area (Å²) in [6.07, 6.45) is -7.54. The first-order valence-corrected chi connectivity index (χ1v) is 17.1. The van der Waals surface area contributed by atoms with Crippen LogP contribution in [0.15, 0.2) is 87.8 Å². The van der Waals surface area contributed by atoms with Crippen molar-refractivity contribution in [2.75, 3.05) is 12.3 Å². The molecule has 270 valence electrons. The molecule has 18 heteroatoms. The highest BCUT2D eigenvalue weighted by Crippen LogP contribution is 2.26. The van der Waals surface area contributed by atoms with E-state index in [1.165, 1.54) is 49.9 Å². The largest absolute Gasteiger partial charge is 0.573 e.